The van der Waals surface area contributed by atoms with E-state index < -0.39 is 0 Å². The third-order valence-corrected chi connectivity index (χ3v) is 7.67. The van der Waals surface area contributed by atoms with Gasteiger partial charge in [-0.05, 0) is 24.6 Å². The first-order chi connectivity index (χ1) is 15.6. The summed E-state index contributed by atoms with van der Waals surface area (Å²) in [6.45, 7) is 2.71. The van der Waals surface area contributed by atoms with Crippen LogP contribution in [0.15, 0.2) is 64.1 Å². The molecule has 2 aromatic carbocycles. The Bertz CT molecular complexity index is 1190. The molecule has 2 heterocycles. The van der Waals surface area contributed by atoms with Gasteiger partial charge in [-0.25, -0.2) is 4.98 Å². The molecule has 4 rings (SSSR count). The lowest BCUT2D eigenvalue weighted by atomic mass is 10.1. The largest absolute Gasteiger partial charge is 0.306 e. The van der Waals surface area contributed by atoms with E-state index in [9.17, 15) is 9.59 Å². The average molecular weight is 484 g/mol. The van der Waals surface area contributed by atoms with E-state index in [0.29, 0.717) is 17.5 Å². The molecule has 0 aliphatic rings. The van der Waals surface area contributed by atoms with Crippen molar-refractivity contribution >= 4 is 56.9 Å². The average Bonchev–Trinajstić information content (AvgIpc) is 3.39. The van der Waals surface area contributed by atoms with Crippen molar-refractivity contribution in [2.75, 3.05) is 5.75 Å². The molecule has 10 heteroatoms. The van der Waals surface area contributed by atoms with E-state index in [0.717, 1.165) is 25.9 Å². The number of hydrogen-bond donors (Lipinski definition) is 1. The molecule has 0 unspecified atom stereocenters. The van der Waals surface area contributed by atoms with Gasteiger partial charge in [0.15, 0.2) is 9.50 Å². The Morgan fingerprint density at radius 2 is 1.78 bits per heavy atom. The Morgan fingerprint density at radius 3 is 2.56 bits per heavy atom. The van der Waals surface area contributed by atoms with Gasteiger partial charge in [-0.15, -0.1) is 21.5 Å². The van der Waals surface area contributed by atoms with E-state index in [1.54, 1.807) is 23.1 Å². The SMILES string of the molecule is CCn1c(CSc2nc3ccccc3s2)nnc1SCC(=O)NC(=O)Cc1ccccc1. The summed E-state index contributed by atoms with van der Waals surface area (Å²) in [5.41, 5.74) is 1.87. The normalized spacial score (nSPS) is 11.0. The predicted octanol–water partition coefficient (Wildman–Crippen LogP) is 4.18. The van der Waals surface area contributed by atoms with Crippen LogP contribution in [0.1, 0.15) is 18.3 Å². The smallest absolute Gasteiger partial charge is 0.237 e. The monoisotopic (exact) mass is 483 g/mol. The highest BCUT2D eigenvalue weighted by Gasteiger charge is 2.15. The quantitative estimate of drug-likeness (QED) is 0.357. The Kier molecular flexibility index (Phi) is 7.56. The molecule has 4 aromatic rings. The van der Waals surface area contributed by atoms with Crippen molar-refractivity contribution in [1.82, 2.24) is 25.1 Å². The van der Waals surface area contributed by atoms with E-state index in [-0.39, 0.29) is 24.0 Å². The van der Waals surface area contributed by atoms with Crippen LogP contribution in [0.25, 0.3) is 10.2 Å². The lowest BCUT2D eigenvalue weighted by Crippen LogP contribution is -2.33. The first-order valence-corrected chi connectivity index (χ1v) is 12.8. The van der Waals surface area contributed by atoms with Crippen LogP contribution >= 0.6 is 34.9 Å². The van der Waals surface area contributed by atoms with Crippen molar-refractivity contribution in [3.8, 4) is 0 Å². The molecule has 0 bridgehead atoms. The second-order valence-electron chi connectivity index (χ2n) is 6.80. The number of carbonyl (C=O) groups is 2. The van der Waals surface area contributed by atoms with E-state index in [2.05, 4.69) is 26.6 Å². The van der Waals surface area contributed by atoms with E-state index in [4.69, 9.17) is 0 Å². The molecule has 0 aliphatic heterocycles. The Hall–Kier alpha value is -2.69. The van der Waals surface area contributed by atoms with E-state index in [1.165, 1.54) is 11.8 Å². The molecule has 7 nitrogen and oxygen atoms in total. The Labute approximate surface area is 198 Å². The summed E-state index contributed by atoms with van der Waals surface area (Å²) in [7, 11) is 0. The zero-order valence-electron chi connectivity index (χ0n) is 17.4. The van der Waals surface area contributed by atoms with Gasteiger partial charge >= 0.3 is 0 Å². The zero-order valence-corrected chi connectivity index (χ0v) is 19.8. The van der Waals surface area contributed by atoms with Crippen LogP contribution in [-0.2, 0) is 28.3 Å². The topological polar surface area (TPSA) is 89.8 Å². The predicted molar refractivity (Wildman–Crippen MR) is 129 cm³/mol. The number of thiazole rings is 1. The summed E-state index contributed by atoms with van der Waals surface area (Å²) in [5, 5.41) is 11.6. The number of carbonyl (C=O) groups excluding carboxylic acids is 2. The minimum atomic E-state index is -0.341. The van der Waals surface area contributed by atoms with Crippen LogP contribution in [0.4, 0.5) is 0 Å². The summed E-state index contributed by atoms with van der Waals surface area (Å²) in [6, 6.07) is 17.4. The molecular formula is C22H21N5O2S3. The van der Waals surface area contributed by atoms with Crippen molar-refractivity contribution in [2.45, 2.75) is 35.1 Å². The summed E-state index contributed by atoms with van der Waals surface area (Å²) >= 11 is 4.57. The second kappa shape index (κ2) is 10.8. The second-order valence-corrected chi connectivity index (χ2v) is 10.00. The van der Waals surface area contributed by atoms with Crippen LogP contribution < -0.4 is 5.32 Å². The molecule has 2 amide bonds. The van der Waals surface area contributed by atoms with E-state index in [1.807, 2.05) is 60.0 Å². The van der Waals surface area contributed by atoms with Crippen LogP contribution in [0.5, 0.6) is 0 Å². The lowest BCUT2D eigenvalue weighted by Gasteiger charge is -2.07. The molecule has 0 saturated heterocycles. The van der Waals surface area contributed by atoms with Gasteiger partial charge in [-0.3, -0.25) is 14.9 Å². The number of thioether (sulfide) groups is 2. The first-order valence-electron chi connectivity index (χ1n) is 10.0. The summed E-state index contributed by atoms with van der Waals surface area (Å²) in [6.07, 6.45) is 0.176. The maximum absolute atomic E-state index is 12.2. The van der Waals surface area contributed by atoms with Gasteiger partial charge in [0.25, 0.3) is 0 Å². The van der Waals surface area contributed by atoms with Gasteiger partial charge in [0.1, 0.15) is 5.82 Å². The third-order valence-electron chi connectivity index (χ3n) is 4.53. The van der Waals surface area contributed by atoms with Crippen LogP contribution in [0, 0.1) is 0 Å². The molecule has 0 spiro atoms. The number of aromatic nitrogens is 4. The van der Waals surface area contributed by atoms with Crippen LogP contribution in [-0.4, -0.2) is 37.3 Å². The summed E-state index contributed by atoms with van der Waals surface area (Å²) < 4.78 is 4.14. The Morgan fingerprint density at radius 1 is 1.00 bits per heavy atom. The molecular weight excluding hydrogens is 462 g/mol. The van der Waals surface area contributed by atoms with Gasteiger partial charge in [0.2, 0.25) is 11.8 Å². The lowest BCUT2D eigenvalue weighted by molar-refractivity contribution is -0.128. The number of fused-ring (bicyclic) bond motifs is 1. The van der Waals surface area contributed by atoms with Gasteiger partial charge in [0, 0.05) is 6.54 Å². The van der Waals surface area contributed by atoms with Crippen molar-refractivity contribution in [3.63, 3.8) is 0 Å². The van der Waals surface area contributed by atoms with E-state index >= 15 is 0 Å². The fourth-order valence-corrected chi connectivity index (χ4v) is 5.87. The van der Waals surface area contributed by atoms with Crippen LogP contribution in [0.3, 0.4) is 0 Å². The molecule has 0 atom stereocenters. The maximum Gasteiger partial charge on any atom is 0.237 e. The van der Waals surface area contributed by atoms with Gasteiger partial charge < -0.3 is 4.57 Å². The minimum Gasteiger partial charge on any atom is -0.306 e. The van der Waals surface area contributed by atoms with Gasteiger partial charge in [0.05, 0.1) is 28.1 Å². The number of nitrogens with zero attached hydrogens (tertiary/aromatic N) is 4. The molecule has 0 saturated carbocycles. The van der Waals surface area contributed by atoms with Crippen molar-refractivity contribution in [2.24, 2.45) is 0 Å². The number of amides is 2. The molecule has 164 valence electrons. The molecule has 32 heavy (non-hydrogen) atoms. The van der Waals surface area contributed by atoms with Crippen molar-refractivity contribution < 1.29 is 9.59 Å². The first kappa shape index (κ1) is 22.5. The fourth-order valence-electron chi connectivity index (χ4n) is 3.04. The number of rotatable bonds is 9. The highest BCUT2D eigenvalue weighted by Crippen LogP contribution is 2.31. The molecule has 1 N–H and O–H groups in total. The number of para-hydroxylation sites is 1. The number of benzene rings is 2. The molecule has 0 aliphatic carbocycles. The van der Waals surface area contributed by atoms with Gasteiger partial charge in [-0.2, -0.15) is 0 Å². The summed E-state index contributed by atoms with van der Waals surface area (Å²) in [4.78, 5) is 28.9. The Balaban J connectivity index is 1.30. The minimum absolute atomic E-state index is 0.101. The van der Waals surface area contributed by atoms with Gasteiger partial charge in [-0.1, -0.05) is 66.0 Å². The summed E-state index contributed by atoms with van der Waals surface area (Å²) in [5.74, 6) is 0.922. The fraction of sp³-hybridized carbons (Fsp3) is 0.227. The highest BCUT2D eigenvalue weighted by molar-refractivity contribution is 8.00. The molecule has 0 radical (unpaired) electrons. The highest BCUT2D eigenvalue weighted by atomic mass is 32.2. The number of nitrogens with one attached hydrogen (secondary N) is 1. The third kappa shape index (κ3) is 5.76. The molecule has 2 aromatic heterocycles. The standard InChI is InChI=1S/C22H21N5O2S3/c1-2-27-18(13-31-22-23-16-10-6-7-11-17(16)32-22)25-26-21(27)30-14-20(29)24-19(28)12-15-8-4-3-5-9-15/h3-11H,2,12-14H2,1H3,(H,24,28,29). The van der Waals surface area contributed by atoms with Crippen molar-refractivity contribution in [1.29, 1.82) is 0 Å². The maximum atomic E-state index is 12.2. The number of imide groups is 1. The zero-order chi connectivity index (χ0) is 22.3. The van der Waals surface area contributed by atoms with Crippen LogP contribution in [0.2, 0.25) is 0 Å². The molecule has 0 fully saturated rings. The van der Waals surface area contributed by atoms with Crippen molar-refractivity contribution in [3.05, 3.63) is 66.0 Å². The number of hydrogen-bond acceptors (Lipinski definition) is 8.